The smallest absolute Gasteiger partial charge is 0.330 e. The maximum Gasteiger partial charge on any atom is 0.330 e. The molecule has 0 aliphatic carbocycles. The van der Waals surface area contributed by atoms with Gasteiger partial charge in [0.05, 0.1) is 13.2 Å². The quantitative estimate of drug-likeness (QED) is 0.487. The summed E-state index contributed by atoms with van der Waals surface area (Å²) in [6.07, 6.45) is 6.08. The lowest BCUT2D eigenvalue weighted by molar-refractivity contribution is -0.137. The van der Waals surface area contributed by atoms with Crippen LogP contribution < -0.4 is 10.6 Å². The molecule has 1 saturated heterocycles. The molecule has 1 aliphatic heterocycles. The number of carbonyl (C=O) groups excluding carboxylic acids is 3. The van der Waals surface area contributed by atoms with Crippen molar-refractivity contribution in [2.45, 2.75) is 19.8 Å². The molecule has 1 aromatic carbocycles. The lowest BCUT2D eigenvalue weighted by atomic mass is 9.96. The van der Waals surface area contributed by atoms with Crippen LogP contribution in [0, 0.1) is 5.92 Å². The summed E-state index contributed by atoms with van der Waals surface area (Å²) in [6, 6.07) is 12.6. The van der Waals surface area contributed by atoms with Crippen LogP contribution in [0.4, 0.5) is 11.5 Å². The van der Waals surface area contributed by atoms with Crippen molar-refractivity contribution in [3.8, 4) is 0 Å². The zero-order valence-corrected chi connectivity index (χ0v) is 18.1. The highest BCUT2D eigenvalue weighted by molar-refractivity contribution is 5.93. The Balaban J connectivity index is 1.40. The molecule has 8 nitrogen and oxygen atoms in total. The van der Waals surface area contributed by atoms with Gasteiger partial charge < -0.3 is 15.4 Å². The number of hydrogen-bond acceptors (Lipinski definition) is 6. The summed E-state index contributed by atoms with van der Waals surface area (Å²) < 4.78 is 4.85. The van der Waals surface area contributed by atoms with Crippen molar-refractivity contribution in [2.24, 2.45) is 5.92 Å². The van der Waals surface area contributed by atoms with Gasteiger partial charge in [0.25, 0.3) is 0 Å². The third-order valence-corrected chi connectivity index (χ3v) is 5.13. The van der Waals surface area contributed by atoms with Gasteiger partial charge in [-0.2, -0.15) is 0 Å². The van der Waals surface area contributed by atoms with Gasteiger partial charge in [-0.05, 0) is 68.8 Å². The van der Waals surface area contributed by atoms with Crippen molar-refractivity contribution < 1.29 is 19.1 Å². The monoisotopic (exact) mass is 436 g/mol. The fourth-order valence-electron chi connectivity index (χ4n) is 3.45. The molecule has 168 valence electrons. The number of pyridine rings is 1. The highest BCUT2D eigenvalue weighted by Gasteiger charge is 2.26. The molecule has 1 aromatic heterocycles. The first-order valence-electron chi connectivity index (χ1n) is 10.7. The van der Waals surface area contributed by atoms with Crippen molar-refractivity contribution in [1.82, 2.24) is 9.88 Å². The molecule has 2 heterocycles. The van der Waals surface area contributed by atoms with E-state index in [0.29, 0.717) is 44.0 Å². The predicted octanol–water partition coefficient (Wildman–Crippen LogP) is 2.95. The van der Waals surface area contributed by atoms with E-state index in [2.05, 4.69) is 20.5 Å². The lowest BCUT2D eigenvalue weighted by Gasteiger charge is -2.30. The van der Waals surface area contributed by atoms with Crippen LogP contribution in [0.15, 0.2) is 54.7 Å². The molecule has 0 bridgehead atoms. The van der Waals surface area contributed by atoms with Gasteiger partial charge in [0.1, 0.15) is 5.82 Å². The van der Waals surface area contributed by atoms with Gasteiger partial charge in [-0.3, -0.25) is 14.5 Å². The zero-order valence-electron chi connectivity index (χ0n) is 18.1. The van der Waals surface area contributed by atoms with Crippen LogP contribution >= 0.6 is 0 Å². The molecule has 8 heteroatoms. The molecule has 2 N–H and O–H groups in total. The molecule has 0 spiro atoms. The Morgan fingerprint density at radius 3 is 2.50 bits per heavy atom. The van der Waals surface area contributed by atoms with Crippen molar-refractivity contribution in [3.63, 3.8) is 0 Å². The van der Waals surface area contributed by atoms with Crippen molar-refractivity contribution >= 4 is 35.4 Å². The molecule has 2 amide bonds. The summed E-state index contributed by atoms with van der Waals surface area (Å²) in [5, 5.41) is 5.73. The number of esters is 1. The van der Waals surface area contributed by atoms with Crippen LogP contribution in [0.5, 0.6) is 0 Å². The van der Waals surface area contributed by atoms with E-state index in [1.54, 1.807) is 43.5 Å². The average molecular weight is 437 g/mol. The van der Waals surface area contributed by atoms with Crippen molar-refractivity contribution in [1.29, 1.82) is 0 Å². The predicted molar refractivity (Wildman–Crippen MR) is 123 cm³/mol. The number of carbonyl (C=O) groups is 3. The number of ether oxygens (including phenoxy) is 1. The maximum absolute atomic E-state index is 12.4. The number of likely N-dealkylation sites (tertiary alicyclic amines) is 1. The topological polar surface area (TPSA) is 101 Å². The Morgan fingerprint density at radius 2 is 1.84 bits per heavy atom. The molecule has 1 fully saturated rings. The fourth-order valence-corrected chi connectivity index (χ4v) is 3.45. The Morgan fingerprint density at radius 1 is 1.09 bits per heavy atom. The number of anilines is 2. The molecule has 32 heavy (non-hydrogen) atoms. The summed E-state index contributed by atoms with van der Waals surface area (Å²) in [6.45, 7) is 3.74. The number of amides is 2. The van der Waals surface area contributed by atoms with E-state index < -0.39 is 0 Å². The normalized spacial score (nSPS) is 14.8. The van der Waals surface area contributed by atoms with Crippen LogP contribution in [0.3, 0.4) is 0 Å². The van der Waals surface area contributed by atoms with Gasteiger partial charge in [0.2, 0.25) is 11.8 Å². The molecule has 0 atom stereocenters. The molecule has 0 saturated carbocycles. The number of aromatic nitrogens is 1. The van der Waals surface area contributed by atoms with E-state index in [9.17, 15) is 14.4 Å². The number of nitrogens with zero attached hydrogens (tertiary/aromatic N) is 2. The number of rotatable bonds is 8. The van der Waals surface area contributed by atoms with Crippen molar-refractivity contribution in [2.75, 3.05) is 36.9 Å². The minimum Gasteiger partial charge on any atom is -0.463 e. The van der Waals surface area contributed by atoms with Crippen LogP contribution in [0.1, 0.15) is 25.3 Å². The van der Waals surface area contributed by atoms with E-state index in [-0.39, 0.29) is 30.2 Å². The lowest BCUT2D eigenvalue weighted by Crippen LogP contribution is -2.41. The van der Waals surface area contributed by atoms with Crippen LogP contribution in [0.2, 0.25) is 0 Å². The molecule has 1 aliphatic rings. The second-order valence-electron chi connectivity index (χ2n) is 7.51. The molecular formula is C24H28N4O4. The third-order valence-electron chi connectivity index (χ3n) is 5.13. The zero-order chi connectivity index (χ0) is 22.8. The van der Waals surface area contributed by atoms with Gasteiger partial charge in [-0.15, -0.1) is 0 Å². The molecule has 0 unspecified atom stereocenters. The van der Waals surface area contributed by atoms with Crippen LogP contribution in [-0.4, -0.2) is 53.9 Å². The maximum atomic E-state index is 12.4. The first-order chi connectivity index (χ1) is 15.5. The van der Waals surface area contributed by atoms with Gasteiger partial charge >= 0.3 is 5.97 Å². The highest BCUT2D eigenvalue weighted by atomic mass is 16.5. The minimum atomic E-state index is -0.386. The Hall–Kier alpha value is -3.52. The Labute approximate surface area is 187 Å². The largest absolute Gasteiger partial charge is 0.463 e. The first-order valence-corrected chi connectivity index (χ1v) is 10.7. The summed E-state index contributed by atoms with van der Waals surface area (Å²) in [7, 11) is 0. The summed E-state index contributed by atoms with van der Waals surface area (Å²) >= 11 is 0. The van der Waals surface area contributed by atoms with E-state index >= 15 is 0 Å². The average Bonchev–Trinajstić information content (AvgIpc) is 2.80. The minimum absolute atomic E-state index is 0.0232. The SMILES string of the molecule is CCOC(=O)C=Cc1ccc(NC(=O)CN2CCC(C(=O)Nc3ccccn3)CC2)cc1. The highest BCUT2D eigenvalue weighted by Crippen LogP contribution is 2.19. The third kappa shape index (κ3) is 7.31. The van der Waals surface area contributed by atoms with Crippen LogP contribution in [-0.2, 0) is 19.1 Å². The van der Waals surface area contributed by atoms with Crippen molar-refractivity contribution in [3.05, 3.63) is 60.3 Å². The van der Waals surface area contributed by atoms with E-state index in [0.717, 1.165) is 5.56 Å². The summed E-state index contributed by atoms with van der Waals surface area (Å²) in [4.78, 5) is 42.3. The first kappa shape index (κ1) is 23.1. The van der Waals surface area contributed by atoms with Crippen LogP contribution in [0.25, 0.3) is 6.08 Å². The standard InChI is InChI=1S/C24H28N4O4/c1-2-32-23(30)11-8-18-6-9-20(10-7-18)26-22(29)17-28-15-12-19(13-16-28)24(31)27-21-5-3-4-14-25-21/h3-11,14,19H,2,12-13,15-17H2,1H3,(H,26,29)(H,25,27,31). The van der Waals surface area contributed by atoms with E-state index in [1.807, 2.05) is 18.2 Å². The second kappa shape index (κ2) is 11.8. The van der Waals surface area contributed by atoms with Gasteiger partial charge in [0.15, 0.2) is 0 Å². The van der Waals surface area contributed by atoms with E-state index in [1.165, 1.54) is 6.08 Å². The Kier molecular flexibility index (Phi) is 8.51. The summed E-state index contributed by atoms with van der Waals surface area (Å²) in [5.74, 6) is -0.0304. The molecule has 0 radical (unpaired) electrons. The Bertz CT molecular complexity index is 936. The molecular weight excluding hydrogens is 408 g/mol. The summed E-state index contributed by atoms with van der Waals surface area (Å²) in [5.41, 5.74) is 1.52. The fraction of sp³-hybridized carbons (Fsp3) is 0.333. The molecule has 3 rings (SSSR count). The van der Waals surface area contributed by atoms with E-state index in [4.69, 9.17) is 4.74 Å². The number of hydrogen-bond donors (Lipinski definition) is 2. The molecule has 2 aromatic rings. The van der Waals surface area contributed by atoms with Gasteiger partial charge in [0, 0.05) is 23.9 Å². The number of benzene rings is 1. The van der Waals surface area contributed by atoms with Gasteiger partial charge in [-0.1, -0.05) is 18.2 Å². The van der Waals surface area contributed by atoms with Gasteiger partial charge in [-0.25, -0.2) is 9.78 Å². The number of piperidine rings is 1. The number of nitrogens with one attached hydrogen (secondary N) is 2. The second-order valence-corrected chi connectivity index (χ2v) is 7.51.